The molecule has 78 valence electrons. The van der Waals surface area contributed by atoms with Crippen molar-refractivity contribution in [3.63, 3.8) is 0 Å². The summed E-state index contributed by atoms with van der Waals surface area (Å²) in [6.45, 7) is 0. The first-order chi connectivity index (χ1) is 7.20. The minimum Gasteiger partial charge on any atom is -0.490 e. The average molecular weight is 205 g/mol. The molecule has 1 fully saturated rings. The van der Waals surface area contributed by atoms with Crippen molar-refractivity contribution in [2.45, 2.75) is 18.9 Å². The van der Waals surface area contributed by atoms with Crippen molar-refractivity contribution in [3.05, 3.63) is 29.3 Å². The van der Waals surface area contributed by atoms with E-state index in [9.17, 15) is 9.59 Å². The van der Waals surface area contributed by atoms with Crippen LogP contribution in [-0.4, -0.2) is 18.3 Å². The number of carbonyl (C=O) groups excluding carboxylic acids is 2. The van der Waals surface area contributed by atoms with E-state index in [1.807, 2.05) is 0 Å². The number of benzene rings is 1. The zero-order chi connectivity index (χ0) is 10.8. The molecule has 1 saturated carbocycles. The summed E-state index contributed by atoms with van der Waals surface area (Å²) >= 11 is 0. The van der Waals surface area contributed by atoms with E-state index in [2.05, 4.69) is 0 Å². The molecule has 1 aliphatic rings. The second-order valence-corrected chi connectivity index (χ2v) is 3.55. The van der Waals surface area contributed by atoms with E-state index in [4.69, 9.17) is 10.5 Å². The van der Waals surface area contributed by atoms with Crippen molar-refractivity contribution in [3.8, 4) is 5.75 Å². The van der Waals surface area contributed by atoms with Gasteiger partial charge in [-0.3, -0.25) is 9.59 Å². The Hall–Kier alpha value is -1.84. The molecule has 4 nitrogen and oxygen atoms in total. The van der Waals surface area contributed by atoms with E-state index in [1.165, 1.54) is 6.07 Å². The van der Waals surface area contributed by atoms with Gasteiger partial charge in [-0.05, 0) is 25.0 Å². The van der Waals surface area contributed by atoms with Crippen molar-refractivity contribution in [1.29, 1.82) is 0 Å². The topological polar surface area (TPSA) is 69.4 Å². The van der Waals surface area contributed by atoms with E-state index >= 15 is 0 Å². The summed E-state index contributed by atoms with van der Waals surface area (Å²) in [4.78, 5) is 21.6. The fourth-order valence-electron chi connectivity index (χ4n) is 1.28. The van der Waals surface area contributed by atoms with Gasteiger partial charge in [0, 0.05) is 5.56 Å². The van der Waals surface area contributed by atoms with Crippen LogP contribution in [0.25, 0.3) is 0 Å². The molecule has 15 heavy (non-hydrogen) atoms. The molecular formula is C11H11NO3. The number of nitrogens with two attached hydrogens (primary N) is 1. The maximum absolute atomic E-state index is 11.1. The Bertz CT molecular complexity index is 410. The van der Waals surface area contributed by atoms with Gasteiger partial charge in [0.25, 0.3) is 5.91 Å². The van der Waals surface area contributed by atoms with Crippen LogP contribution in [0.5, 0.6) is 5.75 Å². The molecule has 1 amide bonds. The van der Waals surface area contributed by atoms with Crippen LogP contribution in [0.3, 0.4) is 0 Å². The quantitative estimate of drug-likeness (QED) is 0.749. The summed E-state index contributed by atoms with van der Waals surface area (Å²) in [6.07, 6.45) is 2.86. The second-order valence-electron chi connectivity index (χ2n) is 3.55. The highest BCUT2D eigenvalue weighted by Gasteiger charge is 2.25. The molecule has 4 heteroatoms. The van der Waals surface area contributed by atoms with Crippen molar-refractivity contribution in [1.82, 2.24) is 0 Å². The Morgan fingerprint density at radius 1 is 1.47 bits per heavy atom. The number of primary amides is 1. The summed E-state index contributed by atoms with van der Waals surface area (Å²) in [7, 11) is 0. The van der Waals surface area contributed by atoms with Crippen molar-refractivity contribution in [2.24, 2.45) is 5.73 Å². The minimum absolute atomic E-state index is 0.171. The Labute approximate surface area is 87.0 Å². The van der Waals surface area contributed by atoms with E-state index in [0.29, 0.717) is 23.2 Å². The van der Waals surface area contributed by atoms with Gasteiger partial charge in [-0.2, -0.15) is 0 Å². The smallest absolute Gasteiger partial charge is 0.252 e. The SMILES string of the molecule is NC(=O)c1ccc(C=O)cc1OC1CC1. The summed E-state index contributed by atoms with van der Waals surface area (Å²) in [5.74, 6) is -0.127. The number of hydrogen-bond acceptors (Lipinski definition) is 3. The second kappa shape index (κ2) is 3.73. The van der Waals surface area contributed by atoms with Crippen molar-refractivity contribution < 1.29 is 14.3 Å². The third-order valence-corrected chi connectivity index (χ3v) is 2.23. The first kappa shape index (κ1) is 9.71. The highest BCUT2D eigenvalue weighted by molar-refractivity contribution is 5.96. The Morgan fingerprint density at radius 3 is 2.73 bits per heavy atom. The predicted octanol–water partition coefficient (Wildman–Crippen LogP) is 1.14. The summed E-state index contributed by atoms with van der Waals surface area (Å²) in [5, 5.41) is 0. The number of amides is 1. The molecule has 0 aromatic heterocycles. The lowest BCUT2D eigenvalue weighted by molar-refractivity contribution is 0.0995. The largest absolute Gasteiger partial charge is 0.490 e. The molecule has 1 aromatic rings. The number of hydrogen-bond donors (Lipinski definition) is 1. The minimum atomic E-state index is -0.539. The van der Waals surface area contributed by atoms with E-state index in [0.717, 1.165) is 12.8 Å². The standard InChI is InChI=1S/C11H11NO3/c12-11(14)9-4-1-7(6-13)5-10(9)15-8-2-3-8/h1,4-6,8H,2-3H2,(H2,12,14). The molecular weight excluding hydrogens is 194 g/mol. The number of carbonyl (C=O) groups is 2. The van der Waals surface area contributed by atoms with Crippen LogP contribution in [0.2, 0.25) is 0 Å². The van der Waals surface area contributed by atoms with Gasteiger partial charge in [-0.25, -0.2) is 0 Å². The fraction of sp³-hybridized carbons (Fsp3) is 0.273. The molecule has 2 N–H and O–H groups in total. The van der Waals surface area contributed by atoms with Crippen LogP contribution in [-0.2, 0) is 0 Å². The predicted molar refractivity (Wildman–Crippen MR) is 54.0 cm³/mol. The lowest BCUT2D eigenvalue weighted by atomic mass is 10.1. The molecule has 0 unspecified atom stereocenters. The van der Waals surface area contributed by atoms with Gasteiger partial charge < -0.3 is 10.5 Å². The Morgan fingerprint density at radius 2 is 2.20 bits per heavy atom. The van der Waals surface area contributed by atoms with Crippen LogP contribution in [0.1, 0.15) is 33.6 Å². The average Bonchev–Trinajstić information content (AvgIpc) is 3.01. The maximum Gasteiger partial charge on any atom is 0.252 e. The van der Waals surface area contributed by atoms with Gasteiger partial charge in [0.2, 0.25) is 0 Å². The monoisotopic (exact) mass is 205 g/mol. The van der Waals surface area contributed by atoms with Crippen LogP contribution >= 0.6 is 0 Å². The Kier molecular flexibility index (Phi) is 2.41. The zero-order valence-corrected chi connectivity index (χ0v) is 8.10. The third-order valence-electron chi connectivity index (χ3n) is 2.23. The summed E-state index contributed by atoms with van der Waals surface area (Å²) in [6, 6.07) is 4.61. The van der Waals surface area contributed by atoms with Gasteiger partial charge in [-0.15, -0.1) is 0 Å². The van der Waals surface area contributed by atoms with E-state index in [1.54, 1.807) is 12.1 Å². The molecule has 0 bridgehead atoms. The summed E-state index contributed by atoms with van der Waals surface area (Å²) in [5.41, 5.74) is 6.00. The molecule has 0 aliphatic heterocycles. The van der Waals surface area contributed by atoms with E-state index < -0.39 is 5.91 Å². The molecule has 0 radical (unpaired) electrons. The van der Waals surface area contributed by atoms with Gasteiger partial charge >= 0.3 is 0 Å². The number of ether oxygens (including phenoxy) is 1. The summed E-state index contributed by atoms with van der Waals surface area (Å²) < 4.78 is 5.50. The van der Waals surface area contributed by atoms with Crippen molar-refractivity contribution >= 4 is 12.2 Å². The Balaban J connectivity index is 2.34. The van der Waals surface area contributed by atoms with Gasteiger partial charge in [-0.1, -0.05) is 6.07 Å². The molecule has 0 saturated heterocycles. The lowest BCUT2D eigenvalue weighted by Crippen LogP contribution is -2.13. The maximum atomic E-state index is 11.1. The lowest BCUT2D eigenvalue weighted by Gasteiger charge is -2.08. The fourth-order valence-corrected chi connectivity index (χ4v) is 1.28. The first-order valence-corrected chi connectivity index (χ1v) is 4.76. The normalized spacial score (nSPS) is 14.7. The van der Waals surface area contributed by atoms with Crippen LogP contribution in [0, 0.1) is 0 Å². The van der Waals surface area contributed by atoms with Gasteiger partial charge in [0.05, 0.1) is 11.7 Å². The zero-order valence-electron chi connectivity index (χ0n) is 8.10. The molecule has 2 rings (SSSR count). The van der Waals surface area contributed by atoms with Crippen LogP contribution in [0.4, 0.5) is 0 Å². The number of rotatable bonds is 4. The molecule has 1 aliphatic carbocycles. The molecule has 1 aromatic carbocycles. The van der Waals surface area contributed by atoms with Crippen LogP contribution in [0.15, 0.2) is 18.2 Å². The third kappa shape index (κ3) is 2.15. The highest BCUT2D eigenvalue weighted by Crippen LogP contribution is 2.29. The van der Waals surface area contributed by atoms with Crippen LogP contribution < -0.4 is 10.5 Å². The molecule has 0 spiro atoms. The highest BCUT2D eigenvalue weighted by atomic mass is 16.5. The molecule has 0 heterocycles. The van der Waals surface area contributed by atoms with E-state index in [-0.39, 0.29) is 6.10 Å². The number of aldehydes is 1. The van der Waals surface area contributed by atoms with Crippen molar-refractivity contribution in [2.75, 3.05) is 0 Å². The molecule has 0 atom stereocenters. The van der Waals surface area contributed by atoms with Gasteiger partial charge in [0.15, 0.2) is 0 Å². The van der Waals surface area contributed by atoms with Gasteiger partial charge in [0.1, 0.15) is 12.0 Å². The first-order valence-electron chi connectivity index (χ1n) is 4.76.